The fourth-order valence-electron chi connectivity index (χ4n) is 5.47. The van der Waals surface area contributed by atoms with Crippen molar-refractivity contribution in [3.05, 3.63) is 12.4 Å². The maximum atomic E-state index is 13.9. The molecule has 0 radical (unpaired) electrons. The number of hydrogen-bond acceptors (Lipinski definition) is 6. The summed E-state index contributed by atoms with van der Waals surface area (Å²) in [5.74, 6) is -3.45. The highest BCUT2D eigenvalue weighted by Gasteiger charge is 2.57. The van der Waals surface area contributed by atoms with E-state index in [4.69, 9.17) is 0 Å². The van der Waals surface area contributed by atoms with Crippen molar-refractivity contribution in [1.29, 1.82) is 5.26 Å². The molecule has 2 N–H and O–H groups in total. The lowest BCUT2D eigenvalue weighted by molar-refractivity contribution is -0.175. The second-order valence-corrected chi connectivity index (χ2v) is 10.8. The molecule has 11 nitrogen and oxygen atoms in total. The summed E-state index contributed by atoms with van der Waals surface area (Å²) in [6.07, 6.45) is 1.48. The summed E-state index contributed by atoms with van der Waals surface area (Å²) in [6, 6.07) is -1.36. The summed E-state index contributed by atoms with van der Waals surface area (Å²) in [6.45, 7) is -0.112. The van der Waals surface area contributed by atoms with E-state index in [-0.39, 0.29) is 37.6 Å². The number of hydrogen-bond donors (Lipinski definition) is 2. The molecule has 4 amide bonds. The van der Waals surface area contributed by atoms with Crippen LogP contribution in [0.5, 0.6) is 0 Å². The van der Waals surface area contributed by atoms with Crippen molar-refractivity contribution < 1.29 is 32.3 Å². The lowest BCUT2D eigenvalue weighted by Gasteiger charge is -2.34. The summed E-state index contributed by atoms with van der Waals surface area (Å²) in [5, 5.41) is 14.4. The summed E-state index contributed by atoms with van der Waals surface area (Å²) < 4.78 is 40.5. The number of carbonyl (C=O) groups is 4. The molecule has 14 heteroatoms. The van der Waals surface area contributed by atoms with Gasteiger partial charge in [0.1, 0.15) is 23.7 Å². The van der Waals surface area contributed by atoms with Crippen LogP contribution < -0.4 is 10.6 Å². The average Bonchev–Trinajstić information content (AvgIpc) is 3.76. The zero-order valence-electron chi connectivity index (χ0n) is 20.7. The summed E-state index contributed by atoms with van der Waals surface area (Å²) in [7, 11) is 1.34. The van der Waals surface area contributed by atoms with Gasteiger partial charge in [-0.05, 0) is 24.7 Å². The van der Waals surface area contributed by atoms with Crippen LogP contribution >= 0.6 is 0 Å². The molecule has 1 aromatic heterocycles. The van der Waals surface area contributed by atoms with Crippen molar-refractivity contribution >= 4 is 29.6 Å². The van der Waals surface area contributed by atoms with Gasteiger partial charge in [0.2, 0.25) is 17.8 Å². The second kappa shape index (κ2) is 9.28. The monoisotopic (exact) mass is 535 g/mol. The standard InChI is InChI=1S/C24H28F3N7O4/c1-32(18(35)16(8-13-2-3-13)30-21(38)24(25,26)27)17(9-14-4-5-14)19(36)33-12-23(10-15(33)11-28)20(37)31-22-29-6-7-34(22)23/h6-7,13-17H,2-5,8-10,12H2,1H3,(H,30,38)(H,29,31,37)/t15-,16?,17?,23+/m0/s1. The molecule has 5 rings (SSSR count). The third-order valence-electron chi connectivity index (χ3n) is 8.00. The number of alkyl halides is 3. The van der Waals surface area contributed by atoms with Crippen LogP contribution in [0.1, 0.15) is 44.9 Å². The predicted molar refractivity (Wildman–Crippen MR) is 124 cm³/mol. The van der Waals surface area contributed by atoms with Crippen molar-refractivity contribution in [3.63, 3.8) is 0 Å². The summed E-state index contributed by atoms with van der Waals surface area (Å²) >= 11 is 0. The van der Waals surface area contributed by atoms with Crippen molar-refractivity contribution in [2.45, 2.75) is 74.8 Å². The molecule has 0 bridgehead atoms. The van der Waals surface area contributed by atoms with E-state index in [1.54, 1.807) is 10.8 Å². The molecule has 38 heavy (non-hydrogen) atoms. The van der Waals surface area contributed by atoms with Crippen LogP contribution in [0.2, 0.25) is 0 Å². The quantitative estimate of drug-likeness (QED) is 0.512. The molecule has 204 valence electrons. The van der Waals surface area contributed by atoms with Gasteiger partial charge in [-0.2, -0.15) is 18.4 Å². The number of likely N-dealkylation sites (N-methyl/N-ethyl adjacent to an activating group) is 1. The van der Waals surface area contributed by atoms with Gasteiger partial charge in [-0.25, -0.2) is 4.98 Å². The van der Waals surface area contributed by atoms with E-state index in [0.717, 1.165) is 30.6 Å². The normalized spacial score (nSPS) is 25.9. The zero-order valence-corrected chi connectivity index (χ0v) is 20.7. The van der Waals surface area contributed by atoms with Crippen LogP contribution in [0, 0.1) is 23.2 Å². The molecular formula is C24H28F3N7O4. The maximum absolute atomic E-state index is 13.9. The van der Waals surface area contributed by atoms with Crippen LogP contribution in [0.4, 0.5) is 19.1 Å². The van der Waals surface area contributed by atoms with Crippen molar-refractivity contribution in [2.24, 2.45) is 11.8 Å². The largest absolute Gasteiger partial charge is 0.471 e. The molecule has 1 saturated heterocycles. The first kappa shape index (κ1) is 26.0. The molecule has 2 aliphatic heterocycles. The van der Waals surface area contributed by atoms with E-state index >= 15 is 0 Å². The Morgan fingerprint density at radius 1 is 1.26 bits per heavy atom. The maximum Gasteiger partial charge on any atom is 0.471 e. The van der Waals surface area contributed by atoms with Gasteiger partial charge < -0.3 is 15.1 Å². The average molecular weight is 536 g/mol. The number of carbonyl (C=O) groups excluding carboxylic acids is 4. The summed E-state index contributed by atoms with van der Waals surface area (Å²) in [5.41, 5.74) is -1.22. The Balaban J connectivity index is 1.39. The minimum atomic E-state index is -5.15. The highest BCUT2D eigenvalue weighted by atomic mass is 19.4. The Morgan fingerprint density at radius 3 is 2.53 bits per heavy atom. The van der Waals surface area contributed by atoms with E-state index in [1.165, 1.54) is 18.1 Å². The minimum absolute atomic E-state index is 0.0233. The Hall–Kier alpha value is -3.63. The molecular weight excluding hydrogens is 507 g/mol. The van der Waals surface area contributed by atoms with Crippen LogP contribution in [0.15, 0.2) is 12.4 Å². The van der Waals surface area contributed by atoms with Crippen molar-refractivity contribution in [2.75, 3.05) is 18.9 Å². The molecule has 2 aliphatic carbocycles. The number of nitrogens with one attached hydrogen (secondary N) is 2. The number of nitriles is 1. The van der Waals surface area contributed by atoms with E-state index in [2.05, 4.69) is 16.4 Å². The van der Waals surface area contributed by atoms with Gasteiger partial charge >= 0.3 is 12.1 Å². The fourth-order valence-corrected chi connectivity index (χ4v) is 5.47. The molecule has 4 aliphatic rings. The third kappa shape index (κ3) is 4.69. The van der Waals surface area contributed by atoms with E-state index in [0.29, 0.717) is 5.95 Å². The molecule has 2 unspecified atom stereocenters. The fraction of sp³-hybridized carbons (Fsp3) is 0.667. The van der Waals surface area contributed by atoms with Gasteiger partial charge in [-0.1, -0.05) is 25.7 Å². The molecule has 1 aromatic rings. The lowest BCUT2D eigenvalue weighted by Crippen LogP contribution is -2.57. The lowest BCUT2D eigenvalue weighted by atomic mass is 9.96. The van der Waals surface area contributed by atoms with E-state index in [9.17, 15) is 37.6 Å². The first-order valence-electron chi connectivity index (χ1n) is 12.6. The Bertz CT molecular complexity index is 1200. The van der Waals surface area contributed by atoms with Gasteiger partial charge in [0, 0.05) is 25.9 Å². The van der Waals surface area contributed by atoms with Gasteiger partial charge in [0.05, 0.1) is 12.6 Å². The molecule has 4 atom stereocenters. The predicted octanol–water partition coefficient (Wildman–Crippen LogP) is 1.13. The molecule has 3 fully saturated rings. The number of nitrogens with zero attached hydrogens (tertiary/aromatic N) is 5. The highest BCUT2D eigenvalue weighted by Crippen LogP contribution is 2.42. The minimum Gasteiger partial charge on any atom is -0.336 e. The van der Waals surface area contributed by atoms with Crippen LogP contribution in [0.3, 0.4) is 0 Å². The SMILES string of the molecule is CN(C(=O)C(CC1CC1)NC(=O)C(F)(F)F)C(CC1CC1)C(=O)N1C[C@]2(C[C@H]1C#N)C(=O)Nc1nccn12. The number of rotatable bonds is 8. The number of aromatic nitrogens is 2. The van der Waals surface area contributed by atoms with Gasteiger partial charge in [-0.15, -0.1) is 0 Å². The number of likely N-dealkylation sites (tertiary alicyclic amines) is 1. The highest BCUT2D eigenvalue weighted by molar-refractivity contribution is 6.01. The molecule has 3 heterocycles. The van der Waals surface area contributed by atoms with Gasteiger partial charge in [0.15, 0.2) is 0 Å². The summed E-state index contributed by atoms with van der Waals surface area (Å²) in [4.78, 5) is 58.4. The third-order valence-corrected chi connectivity index (χ3v) is 8.00. The molecule has 0 aromatic carbocycles. The Kier molecular flexibility index (Phi) is 6.35. The first-order chi connectivity index (χ1) is 17.9. The molecule has 1 spiro atoms. The first-order valence-corrected chi connectivity index (χ1v) is 12.6. The number of fused-ring (bicyclic) bond motifs is 2. The van der Waals surface area contributed by atoms with E-state index in [1.807, 2.05) is 5.32 Å². The topological polar surface area (TPSA) is 140 Å². The van der Waals surface area contributed by atoms with E-state index < -0.39 is 53.5 Å². The van der Waals surface area contributed by atoms with Crippen LogP contribution in [-0.2, 0) is 24.7 Å². The number of imidazole rings is 1. The smallest absolute Gasteiger partial charge is 0.336 e. The second-order valence-electron chi connectivity index (χ2n) is 10.8. The molecule has 2 saturated carbocycles. The van der Waals surface area contributed by atoms with Crippen LogP contribution in [-0.4, -0.2) is 80.9 Å². The Labute approximate surface area is 216 Å². The number of amides is 4. The number of halogens is 3. The van der Waals surface area contributed by atoms with Gasteiger partial charge in [0.25, 0.3) is 5.91 Å². The van der Waals surface area contributed by atoms with Crippen molar-refractivity contribution in [3.8, 4) is 6.07 Å². The Morgan fingerprint density at radius 2 is 1.92 bits per heavy atom. The van der Waals surface area contributed by atoms with Crippen molar-refractivity contribution in [1.82, 2.24) is 24.7 Å². The van der Waals surface area contributed by atoms with Gasteiger partial charge in [-0.3, -0.25) is 29.1 Å². The van der Waals surface area contributed by atoms with Crippen LogP contribution in [0.25, 0.3) is 0 Å². The zero-order chi connectivity index (χ0) is 27.4. The number of anilines is 1.